The lowest BCUT2D eigenvalue weighted by atomic mass is 10.1. The van der Waals surface area contributed by atoms with Gasteiger partial charge in [-0.1, -0.05) is 59.8 Å². The molecule has 0 unspecified atom stereocenters. The number of hydrogen-bond acceptors (Lipinski definition) is 4. The van der Waals surface area contributed by atoms with Crippen molar-refractivity contribution < 1.29 is 9.76 Å². The van der Waals surface area contributed by atoms with E-state index in [1.54, 1.807) is 18.3 Å². The summed E-state index contributed by atoms with van der Waals surface area (Å²) in [7, 11) is 0. The molecule has 4 aromatic rings. The second-order valence-corrected chi connectivity index (χ2v) is 7.51. The topological polar surface area (TPSA) is 69.7 Å². The summed E-state index contributed by atoms with van der Waals surface area (Å²) >= 11 is 0. The van der Waals surface area contributed by atoms with Gasteiger partial charge in [-0.3, -0.25) is 10.1 Å². The fourth-order valence-electron chi connectivity index (χ4n) is 3.71. The Morgan fingerprint density at radius 3 is 2.38 bits per heavy atom. The molecule has 6 heteroatoms. The van der Waals surface area contributed by atoms with Gasteiger partial charge in [-0.05, 0) is 48.7 Å². The molecule has 0 saturated heterocycles. The minimum Gasteiger partial charge on any atom is -0.391 e. The zero-order valence-electron chi connectivity index (χ0n) is 17.9. The van der Waals surface area contributed by atoms with E-state index in [9.17, 15) is 10.1 Å². The largest absolute Gasteiger partial charge is 0.391 e. The summed E-state index contributed by atoms with van der Waals surface area (Å²) in [5.74, 6) is 0. The predicted octanol–water partition coefficient (Wildman–Crippen LogP) is 6.22. The number of benzene rings is 3. The van der Waals surface area contributed by atoms with Crippen molar-refractivity contribution in [1.82, 2.24) is 4.57 Å². The van der Waals surface area contributed by atoms with Gasteiger partial charge in [0.1, 0.15) is 6.61 Å². The van der Waals surface area contributed by atoms with Crippen molar-refractivity contribution in [3.05, 3.63) is 118 Å². The minimum atomic E-state index is -0.423. The van der Waals surface area contributed by atoms with Crippen LogP contribution >= 0.6 is 0 Å². The summed E-state index contributed by atoms with van der Waals surface area (Å²) in [4.78, 5) is 15.8. The Balaban J connectivity index is 1.47. The maximum absolute atomic E-state index is 10.9. The third-order valence-corrected chi connectivity index (χ3v) is 5.32. The lowest BCUT2D eigenvalue weighted by molar-refractivity contribution is -0.384. The first-order chi connectivity index (χ1) is 15.5. The van der Waals surface area contributed by atoms with Crippen molar-refractivity contribution in [3.8, 4) is 16.8 Å². The molecule has 160 valence electrons. The highest BCUT2D eigenvalue weighted by Gasteiger charge is 2.10. The van der Waals surface area contributed by atoms with Crippen LogP contribution in [-0.4, -0.2) is 15.7 Å². The molecule has 1 heterocycles. The molecule has 0 amide bonds. The highest BCUT2D eigenvalue weighted by molar-refractivity contribution is 5.81. The van der Waals surface area contributed by atoms with Gasteiger partial charge < -0.3 is 9.40 Å². The van der Waals surface area contributed by atoms with Gasteiger partial charge in [0.15, 0.2) is 0 Å². The van der Waals surface area contributed by atoms with Crippen molar-refractivity contribution in [2.24, 2.45) is 5.16 Å². The molecule has 0 atom stereocenters. The molecule has 3 aromatic carbocycles. The average molecular weight is 425 g/mol. The van der Waals surface area contributed by atoms with Crippen LogP contribution in [0.15, 0.2) is 90.1 Å². The first kappa shape index (κ1) is 21.1. The van der Waals surface area contributed by atoms with Crippen LogP contribution in [0.5, 0.6) is 0 Å². The summed E-state index contributed by atoms with van der Waals surface area (Å²) in [6, 6.07) is 27.2. The monoisotopic (exact) mass is 425 g/mol. The second kappa shape index (κ2) is 9.31. The van der Waals surface area contributed by atoms with E-state index in [0.717, 1.165) is 22.6 Å². The predicted molar refractivity (Wildman–Crippen MR) is 126 cm³/mol. The fourth-order valence-corrected chi connectivity index (χ4v) is 3.71. The normalized spacial score (nSPS) is 11.1. The van der Waals surface area contributed by atoms with Crippen LogP contribution in [0.4, 0.5) is 5.69 Å². The quantitative estimate of drug-likeness (QED) is 0.200. The Kier molecular flexibility index (Phi) is 6.12. The van der Waals surface area contributed by atoms with Crippen LogP contribution in [-0.2, 0) is 11.4 Å². The summed E-state index contributed by atoms with van der Waals surface area (Å²) in [5, 5.41) is 14.9. The number of nitro benzene ring substituents is 1. The molecule has 0 N–H and O–H groups in total. The molecule has 1 aromatic heterocycles. The lowest BCUT2D eigenvalue weighted by Crippen LogP contribution is -1.99. The molecule has 6 nitrogen and oxygen atoms in total. The van der Waals surface area contributed by atoms with Gasteiger partial charge in [-0.2, -0.15) is 0 Å². The lowest BCUT2D eigenvalue weighted by Gasteiger charge is -2.11. The van der Waals surface area contributed by atoms with E-state index >= 15 is 0 Å². The van der Waals surface area contributed by atoms with Gasteiger partial charge in [0.25, 0.3) is 5.69 Å². The zero-order chi connectivity index (χ0) is 22.5. The number of oxime groups is 1. The third kappa shape index (κ3) is 4.59. The average Bonchev–Trinajstić information content (AvgIpc) is 3.10. The van der Waals surface area contributed by atoms with E-state index in [1.165, 1.54) is 23.3 Å². The summed E-state index contributed by atoms with van der Waals surface area (Å²) in [5.41, 5.74) is 7.28. The Morgan fingerprint density at radius 1 is 0.938 bits per heavy atom. The van der Waals surface area contributed by atoms with E-state index in [2.05, 4.69) is 59.1 Å². The van der Waals surface area contributed by atoms with E-state index in [1.807, 2.05) is 25.1 Å². The Labute approximate surface area is 186 Å². The van der Waals surface area contributed by atoms with Crippen molar-refractivity contribution in [1.29, 1.82) is 0 Å². The van der Waals surface area contributed by atoms with E-state index in [-0.39, 0.29) is 12.3 Å². The number of non-ortho nitro benzene ring substituents is 1. The number of aryl methyl sites for hydroxylation is 1. The number of rotatable bonds is 7. The van der Waals surface area contributed by atoms with Crippen LogP contribution in [0.25, 0.3) is 16.8 Å². The molecule has 0 aliphatic carbocycles. The van der Waals surface area contributed by atoms with Crippen LogP contribution in [0.1, 0.15) is 22.5 Å². The molecule has 0 bridgehead atoms. The SMILES string of the molecule is Cc1cc(/C=N/OCc2cccc([N+](=O)[O-])c2)c(C)n1-c1ccc(-c2ccccc2)cc1. The van der Waals surface area contributed by atoms with E-state index in [0.29, 0.717) is 5.56 Å². The minimum absolute atomic E-state index is 0.0388. The first-order valence-electron chi connectivity index (χ1n) is 10.3. The van der Waals surface area contributed by atoms with Gasteiger partial charge >= 0.3 is 0 Å². The molecular weight excluding hydrogens is 402 g/mol. The van der Waals surface area contributed by atoms with Gasteiger partial charge in [0.05, 0.1) is 11.1 Å². The Bertz CT molecular complexity index is 1260. The summed E-state index contributed by atoms with van der Waals surface area (Å²) in [6.07, 6.45) is 1.68. The van der Waals surface area contributed by atoms with Crippen molar-refractivity contribution in [2.45, 2.75) is 20.5 Å². The fraction of sp³-hybridized carbons (Fsp3) is 0.115. The number of nitrogens with zero attached hydrogens (tertiary/aromatic N) is 3. The Hall–Kier alpha value is -4.19. The van der Waals surface area contributed by atoms with Crippen LogP contribution in [0.3, 0.4) is 0 Å². The summed E-state index contributed by atoms with van der Waals surface area (Å²) in [6.45, 7) is 4.26. The van der Waals surface area contributed by atoms with Crippen molar-refractivity contribution in [3.63, 3.8) is 0 Å². The van der Waals surface area contributed by atoms with Gasteiger partial charge in [0, 0.05) is 34.8 Å². The molecule has 32 heavy (non-hydrogen) atoms. The molecule has 0 fully saturated rings. The van der Waals surface area contributed by atoms with Crippen molar-refractivity contribution in [2.75, 3.05) is 0 Å². The molecule has 4 rings (SSSR count). The Morgan fingerprint density at radius 2 is 1.66 bits per heavy atom. The highest BCUT2D eigenvalue weighted by atomic mass is 16.6. The van der Waals surface area contributed by atoms with Gasteiger partial charge in [-0.25, -0.2) is 0 Å². The number of nitro groups is 1. The molecule has 0 aliphatic heterocycles. The zero-order valence-corrected chi connectivity index (χ0v) is 17.9. The highest BCUT2D eigenvalue weighted by Crippen LogP contribution is 2.24. The van der Waals surface area contributed by atoms with Gasteiger partial charge in [0.2, 0.25) is 0 Å². The maximum Gasteiger partial charge on any atom is 0.269 e. The third-order valence-electron chi connectivity index (χ3n) is 5.32. The van der Waals surface area contributed by atoms with Gasteiger partial charge in [-0.15, -0.1) is 0 Å². The van der Waals surface area contributed by atoms with Crippen LogP contribution < -0.4 is 0 Å². The molecular formula is C26H23N3O3. The number of aromatic nitrogens is 1. The van der Waals surface area contributed by atoms with Crippen LogP contribution in [0, 0.1) is 24.0 Å². The molecule has 0 aliphatic rings. The molecule has 0 radical (unpaired) electrons. The maximum atomic E-state index is 10.9. The smallest absolute Gasteiger partial charge is 0.269 e. The first-order valence-corrected chi connectivity index (χ1v) is 10.3. The second-order valence-electron chi connectivity index (χ2n) is 7.51. The van der Waals surface area contributed by atoms with E-state index in [4.69, 9.17) is 4.84 Å². The standard InChI is InChI=1S/C26H23N3O3/c1-19-15-24(17-27-32-18-21-7-6-10-26(16-21)29(30)31)20(2)28(19)25-13-11-23(12-14-25)22-8-4-3-5-9-22/h3-17H,18H2,1-2H3/b27-17+. The molecule has 0 saturated carbocycles. The van der Waals surface area contributed by atoms with Crippen molar-refractivity contribution >= 4 is 11.9 Å². The number of hydrogen-bond donors (Lipinski definition) is 0. The molecule has 0 spiro atoms. The van der Waals surface area contributed by atoms with Crippen LogP contribution in [0.2, 0.25) is 0 Å². The van der Waals surface area contributed by atoms with E-state index < -0.39 is 4.92 Å². The summed E-state index contributed by atoms with van der Waals surface area (Å²) < 4.78 is 2.18.